The number of nitrogens with one attached hydrogen (secondary N) is 3. The SMILES string of the molecule is COC(=O)N=S1(=O)CCC(CNc2ccc(S(=O)(=O)NC(=O)c3ccc(N4CCN(CC5=C(c6ccc(Cl)cc6)CC(C)(C)CC5)CC4)cc3Oc3cnc4[nH]ccc4c3)cc2[N+](=O)[O-])CC1. The Bertz CT molecular complexity index is 2960. The van der Waals surface area contributed by atoms with Crippen molar-refractivity contribution in [2.24, 2.45) is 15.7 Å². The molecule has 2 aromatic heterocycles. The molecule has 0 radical (unpaired) electrons. The fourth-order valence-corrected chi connectivity index (χ4v) is 12.1. The first-order valence-electron chi connectivity index (χ1n) is 22.1. The molecule has 3 aliphatic rings. The number of benzene rings is 3. The van der Waals surface area contributed by atoms with Gasteiger partial charge in [0, 0.05) is 85.2 Å². The Hall–Kier alpha value is -6.02. The molecule has 0 atom stereocenters. The molecule has 67 heavy (non-hydrogen) atoms. The van der Waals surface area contributed by atoms with E-state index in [0.717, 1.165) is 63.1 Å². The minimum absolute atomic E-state index is 0.0372. The Labute approximate surface area is 394 Å². The van der Waals surface area contributed by atoms with Crippen LogP contribution in [0.25, 0.3) is 16.6 Å². The molecule has 2 saturated heterocycles. The number of carbonyl (C=O) groups is 2. The number of aromatic amines is 1. The maximum atomic E-state index is 14.0. The highest BCUT2D eigenvalue weighted by atomic mass is 35.5. The zero-order valence-electron chi connectivity index (χ0n) is 37.5. The third kappa shape index (κ3) is 11.4. The average Bonchev–Trinajstić information content (AvgIpc) is 3.78. The quantitative estimate of drug-likeness (QED) is 0.0743. The van der Waals surface area contributed by atoms with Gasteiger partial charge in [-0.2, -0.15) is 0 Å². The number of ether oxygens (including phenoxy) is 2. The lowest BCUT2D eigenvalue weighted by atomic mass is 9.72. The fourth-order valence-electron chi connectivity index (χ4n) is 8.87. The molecule has 3 aromatic carbocycles. The van der Waals surface area contributed by atoms with Gasteiger partial charge < -0.3 is 24.7 Å². The van der Waals surface area contributed by atoms with E-state index in [0.29, 0.717) is 42.4 Å². The minimum atomic E-state index is -4.64. The highest BCUT2D eigenvalue weighted by molar-refractivity contribution is 7.93. The van der Waals surface area contributed by atoms with Gasteiger partial charge in [0.25, 0.3) is 21.6 Å². The van der Waals surface area contributed by atoms with Crippen LogP contribution >= 0.6 is 11.6 Å². The van der Waals surface area contributed by atoms with Crippen LogP contribution in [0.15, 0.2) is 100 Å². The molecule has 0 unspecified atom stereocenters. The molecule has 4 heterocycles. The van der Waals surface area contributed by atoms with Gasteiger partial charge in [0.05, 0.1) is 38.4 Å². The summed E-state index contributed by atoms with van der Waals surface area (Å²) in [5.41, 5.74) is 5.16. The van der Waals surface area contributed by atoms with Crippen LogP contribution < -0.4 is 19.7 Å². The number of nitro benzene ring substituents is 1. The van der Waals surface area contributed by atoms with Gasteiger partial charge in [-0.3, -0.25) is 19.8 Å². The first-order valence-corrected chi connectivity index (χ1v) is 25.8. The van der Waals surface area contributed by atoms with Crippen molar-refractivity contribution in [3.8, 4) is 11.5 Å². The van der Waals surface area contributed by atoms with E-state index in [1.807, 2.05) is 18.2 Å². The van der Waals surface area contributed by atoms with Crippen LogP contribution in [0.3, 0.4) is 0 Å². The van der Waals surface area contributed by atoms with Crippen LogP contribution in [-0.4, -0.2) is 102 Å². The number of H-pyrrole nitrogens is 1. The van der Waals surface area contributed by atoms with E-state index in [9.17, 15) is 32.3 Å². The second-order valence-corrected chi connectivity index (χ2v) is 22.7. The molecular formula is C47H53ClN8O9S2. The van der Waals surface area contributed by atoms with Crippen LogP contribution in [0.2, 0.25) is 5.02 Å². The molecule has 3 N–H and O–H groups in total. The van der Waals surface area contributed by atoms with Crippen molar-refractivity contribution in [1.29, 1.82) is 0 Å². The van der Waals surface area contributed by atoms with Gasteiger partial charge >= 0.3 is 6.09 Å². The number of nitrogens with zero attached hydrogens (tertiary/aromatic N) is 5. The standard InChI is InChI=1S/C47H53ClN8O9S2/c1-47(2)16-12-34(40(27-47)32-4-6-35(48)7-5-32)30-54-18-20-55(21-19-54)36-8-10-39(43(25-36)65-37-24-33-13-17-49-44(33)51-29-37)45(57)52-67(62,63)38-9-11-41(42(26-38)56(59)60)50-28-31-14-22-66(61,23-15-31)53-46(58)64-3/h4-11,13,17,24-26,29,31,50H,12,14-16,18-23,27-28,30H2,1-3H3,(H,49,51)(H,52,57). The van der Waals surface area contributed by atoms with Gasteiger partial charge in [-0.1, -0.05) is 43.2 Å². The second kappa shape index (κ2) is 19.7. The molecule has 354 valence electrons. The van der Waals surface area contributed by atoms with Crippen molar-refractivity contribution in [3.63, 3.8) is 0 Å². The number of pyridine rings is 1. The Morgan fingerprint density at radius 3 is 2.49 bits per heavy atom. The summed E-state index contributed by atoms with van der Waals surface area (Å²) >= 11 is 6.24. The van der Waals surface area contributed by atoms with E-state index < -0.39 is 47.3 Å². The number of sulfonamides is 1. The van der Waals surface area contributed by atoms with Gasteiger partial charge in [-0.05, 0) is 103 Å². The molecule has 8 rings (SSSR count). The van der Waals surface area contributed by atoms with Crippen LogP contribution in [0.4, 0.5) is 21.9 Å². The maximum absolute atomic E-state index is 14.0. The van der Waals surface area contributed by atoms with Crippen LogP contribution in [0.1, 0.15) is 61.9 Å². The number of methoxy groups -OCH3 is 1. The van der Waals surface area contributed by atoms with Gasteiger partial charge in [-0.15, -0.1) is 4.36 Å². The molecule has 2 amide bonds. The largest absolute Gasteiger partial charge is 0.455 e. The monoisotopic (exact) mass is 972 g/mol. The van der Waals surface area contributed by atoms with Gasteiger partial charge in [0.2, 0.25) is 0 Å². The molecule has 0 bridgehead atoms. The third-order valence-electron chi connectivity index (χ3n) is 12.7. The number of halogens is 1. The van der Waals surface area contributed by atoms with Gasteiger partial charge in [0.15, 0.2) is 0 Å². The van der Waals surface area contributed by atoms with E-state index in [-0.39, 0.29) is 46.4 Å². The Balaban J connectivity index is 0.977. The summed E-state index contributed by atoms with van der Waals surface area (Å²) in [7, 11) is -6.23. The number of aromatic nitrogens is 2. The Kier molecular flexibility index (Phi) is 13.9. The van der Waals surface area contributed by atoms with Crippen molar-refractivity contribution in [2.45, 2.75) is 50.8 Å². The summed E-state index contributed by atoms with van der Waals surface area (Å²) in [6.07, 6.45) is 6.40. The molecule has 2 fully saturated rings. The summed E-state index contributed by atoms with van der Waals surface area (Å²) in [4.78, 5) is 48.7. The lowest BCUT2D eigenvalue weighted by Gasteiger charge is -2.39. The normalized spacial score (nSPS) is 20.0. The summed E-state index contributed by atoms with van der Waals surface area (Å²) < 4.78 is 57.0. The van der Waals surface area contributed by atoms with E-state index >= 15 is 0 Å². The van der Waals surface area contributed by atoms with Crippen molar-refractivity contribution in [3.05, 3.63) is 117 Å². The topological polar surface area (TPSA) is 219 Å². The predicted octanol–water partition coefficient (Wildman–Crippen LogP) is 8.88. The number of allylic oxidation sites excluding steroid dienone is 1. The Morgan fingerprint density at radius 2 is 1.78 bits per heavy atom. The van der Waals surface area contributed by atoms with E-state index in [2.05, 4.69) is 64.9 Å². The van der Waals surface area contributed by atoms with E-state index in [1.165, 1.54) is 41.1 Å². The summed E-state index contributed by atoms with van der Waals surface area (Å²) in [6.45, 7) is 8.76. The number of carbonyl (C=O) groups excluding carboxylic acids is 2. The van der Waals surface area contributed by atoms with Gasteiger partial charge in [-0.25, -0.2) is 27.1 Å². The predicted molar refractivity (Wildman–Crippen MR) is 259 cm³/mol. The smallest absolute Gasteiger partial charge is 0.441 e. The highest BCUT2D eigenvalue weighted by Gasteiger charge is 2.31. The lowest BCUT2D eigenvalue weighted by molar-refractivity contribution is -0.384. The zero-order chi connectivity index (χ0) is 47.5. The van der Waals surface area contributed by atoms with E-state index in [1.54, 1.807) is 24.4 Å². The number of amides is 2. The van der Waals surface area contributed by atoms with Crippen molar-refractivity contribution < 1.29 is 36.6 Å². The maximum Gasteiger partial charge on any atom is 0.441 e. The summed E-state index contributed by atoms with van der Waals surface area (Å²) in [5, 5.41) is 16.7. The Morgan fingerprint density at radius 1 is 1.03 bits per heavy atom. The zero-order valence-corrected chi connectivity index (χ0v) is 39.8. The van der Waals surface area contributed by atoms with Crippen LogP contribution in [0, 0.1) is 21.4 Å². The molecule has 0 saturated carbocycles. The number of hydrogen-bond donors (Lipinski definition) is 3. The molecule has 5 aromatic rings. The second-order valence-electron chi connectivity index (χ2n) is 18.0. The first kappa shape index (κ1) is 47.5. The summed E-state index contributed by atoms with van der Waals surface area (Å²) in [5.74, 6) is -0.281. The van der Waals surface area contributed by atoms with Crippen LogP contribution in [0.5, 0.6) is 11.5 Å². The molecule has 17 nitrogen and oxygen atoms in total. The number of nitro groups is 1. The molecule has 2 aliphatic heterocycles. The van der Waals surface area contributed by atoms with Crippen molar-refractivity contribution in [1.82, 2.24) is 19.6 Å². The molecule has 0 spiro atoms. The summed E-state index contributed by atoms with van der Waals surface area (Å²) in [6, 6.07) is 20.0. The number of rotatable bonds is 13. The number of anilines is 2. The molecule has 20 heteroatoms. The number of fused-ring (bicyclic) bond motifs is 1. The van der Waals surface area contributed by atoms with E-state index in [4.69, 9.17) is 16.3 Å². The van der Waals surface area contributed by atoms with Crippen LogP contribution in [-0.2, 0) is 24.5 Å². The fraction of sp³-hybridized carbons (Fsp3) is 0.383. The third-order valence-corrected chi connectivity index (χ3v) is 16.5. The molecule has 1 aliphatic carbocycles. The first-order chi connectivity index (χ1) is 32.0. The molecular weight excluding hydrogens is 920 g/mol. The number of piperazine rings is 1. The van der Waals surface area contributed by atoms with Crippen molar-refractivity contribution >= 4 is 77.0 Å². The highest BCUT2D eigenvalue weighted by Crippen LogP contribution is 2.43. The minimum Gasteiger partial charge on any atom is -0.455 e. The van der Waals surface area contributed by atoms with Crippen molar-refractivity contribution in [2.75, 3.05) is 68.1 Å². The average molecular weight is 974 g/mol. The number of hydrogen-bond acceptors (Lipinski definition) is 13. The van der Waals surface area contributed by atoms with Gasteiger partial charge in [0.1, 0.15) is 22.8 Å². The lowest BCUT2D eigenvalue weighted by Crippen LogP contribution is -2.47.